The summed E-state index contributed by atoms with van der Waals surface area (Å²) >= 11 is 0. The second kappa shape index (κ2) is 5.33. The molecule has 0 aromatic heterocycles. The summed E-state index contributed by atoms with van der Waals surface area (Å²) in [6.07, 6.45) is 0.752. The van der Waals surface area contributed by atoms with Crippen molar-refractivity contribution in [3.63, 3.8) is 0 Å². The molecule has 4 aromatic rings. The minimum absolute atomic E-state index is 0.305. The van der Waals surface area contributed by atoms with Crippen LogP contribution in [0, 0.1) is 0 Å². The SMILES string of the molecule is Oc1ccc(Cc2ccc(O)c3ccccc23)c2ccccc12. The number of fused-ring (bicyclic) bond motifs is 2. The van der Waals surface area contributed by atoms with Crippen molar-refractivity contribution >= 4 is 21.5 Å². The van der Waals surface area contributed by atoms with Gasteiger partial charge in [-0.05, 0) is 40.5 Å². The van der Waals surface area contributed by atoms with E-state index in [0.717, 1.165) is 39.1 Å². The van der Waals surface area contributed by atoms with Crippen LogP contribution in [-0.2, 0) is 6.42 Å². The molecular weight excluding hydrogens is 284 g/mol. The molecule has 0 amide bonds. The van der Waals surface area contributed by atoms with E-state index in [-0.39, 0.29) is 0 Å². The minimum atomic E-state index is 0.305. The Hall–Kier alpha value is -3.00. The molecule has 0 saturated carbocycles. The maximum absolute atomic E-state index is 10.0. The van der Waals surface area contributed by atoms with Gasteiger partial charge in [-0.2, -0.15) is 0 Å². The van der Waals surface area contributed by atoms with Gasteiger partial charge >= 0.3 is 0 Å². The van der Waals surface area contributed by atoms with Crippen LogP contribution in [0.25, 0.3) is 21.5 Å². The van der Waals surface area contributed by atoms with E-state index < -0.39 is 0 Å². The summed E-state index contributed by atoms with van der Waals surface area (Å²) in [6.45, 7) is 0. The fourth-order valence-electron chi connectivity index (χ4n) is 3.20. The lowest BCUT2D eigenvalue weighted by Crippen LogP contribution is -1.92. The number of aromatic hydroxyl groups is 2. The van der Waals surface area contributed by atoms with Gasteiger partial charge in [0.25, 0.3) is 0 Å². The van der Waals surface area contributed by atoms with Gasteiger partial charge < -0.3 is 10.2 Å². The summed E-state index contributed by atoms with van der Waals surface area (Å²) in [6, 6.07) is 23.2. The second-order valence-corrected chi connectivity index (χ2v) is 5.76. The van der Waals surface area contributed by atoms with Gasteiger partial charge in [-0.1, -0.05) is 60.7 Å². The van der Waals surface area contributed by atoms with Crippen LogP contribution in [0.4, 0.5) is 0 Å². The highest BCUT2D eigenvalue weighted by Crippen LogP contribution is 2.32. The molecule has 0 spiro atoms. The Morgan fingerprint density at radius 3 is 1.30 bits per heavy atom. The van der Waals surface area contributed by atoms with Gasteiger partial charge in [0.05, 0.1) is 0 Å². The highest BCUT2D eigenvalue weighted by Gasteiger charge is 2.09. The molecule has 4 aromatic carbocycles. The van der Waals surface area contributed by atoms with Gasteiger partial charge in [-0.3, -0.25) is 0 Å². The summed E-state index contributed by atoms with van der Waals surface area (Å²) in [4.78, 5) is 0. The zero-order chi connectivity index (χ0) is 15.8. The first-order chi connectivity index (χ1) is 11.2. The van der Waals surface area contributed by atoms with Crippen molar-refractivity contribution in [2.45, 2.75) is 6.42 Å². The van der Waals surface area contributed by atoms with E-state index in [4.69, 9.17) is 0 Å². The maximum atomic E-state index is 10.0. The Labute approximate surface area is 134 Å². The topological polar surface area (TPSA) is 40.5 Å². The maximum Gasteiger partial charge on any atom is 0.123 e. The molecule has 0 atom stereocenters. The van der Waals surface area contributed by atoms with Crippen molar-refractivity contribution in [1.82, 2.24) is 0 Å². The fraction of sp³-hybridized carbons (Fsp3) is 0.0476. The molecule has 0 unspecified atom stereocenters. The van der Waals surface area contributed by atoms with Gasteiger partial charge in [0.1, 0.15) is 11.5 Å². The Morgan fingerprint density at radius 2 is 0.870 bits per heavy atom. The number of hydrogen-bond acceptors (Lipinski definition) is 2. The van der Waals surface area contributed by atoms with Crippen LogP contribution in [0.2, 0.25) is 0 Å². The molecule has 23 heavy (non-hydrogen) atoms. The third kappa shape index (κ3) is 2.29. The normalized spacial score (nSPS) is 11.1. The van der Waals surface area contributed by atoms with Crippen molar-refractivity contribution in [3.8, 4) is 11.5 Å². The molecule has 0 fully saturated rings. The molecular formula is C21H16O2. The highest BCUT2D eigenvalue weighted by molar-refractivity contribution is 5.93. The molecule has 2 nitrogen and oxygen atoms in total. The molecule has 4 rings (SSSR count). The molecule has 0 aliphatic carbocycles. The smallest absolute Gasteiger partial charge is 0.123 e. The van der Waals surface area contributed by atoms with E-state index >= 15 is 0 Å². The third-order valence-electron chi connectivity index (χ3n) is 4.36. The largest absolute Gasteiger partial charge is 0.507 e. The molecule has 0 saturated heterocycles. The molecule has 112 valence electrons. The average Bonchev–Trinajstić information content (AvgIpc) is 2.60. The first-order valence-corrected chi connectivity index (χ1v) is 7.63. The summed E-state index contributed by atoms with van der Waals surface area (Å²) in [5.41, 5.74) is 2.32. The standard InChI is InChI=1S/C21H16O2/c22-20-11-9-14(16-5-1-3-7-18(16)20)13-15-10-12-21(23)19-8-4-2-6-17(15)19/h1-12,22-23H,13H2. The predicted octanol–water partition coefficient (Wildman–Crippen LogP) is 5.00. The molecule has 0 radical (unpaired) electrons. The van der Waals surface area contributed by atoms with E-state index in [2.05, 4.69) is 0 Å². The van der Waals surface area contributed by atoms with E-state index in [1.807, 2.05) is 60.7 Å². The van der Waals surface area contributed by atoms with Crippen LogP contribution in [0.15, 0.2) is 72.8 Å². The average molecular weight is 300 g/mol. The van der Waals surface area contributed by atoms with E-state index in [0.29, 0.717) is 11.5 Å². The lowest BCUT2D eigenvalue weighted by atomic mass is 9.94. The van der Waals surface area contributed by atoms with Gasteiger partial charge in [-0.25, -0.2) is 0 Å². The lowest BCUT2D eigenvalue weighted by molar-refractivity contribution is 0.481. The van der Waals surface area contributed by atoms with Crippen LogP contribution in [-0.4, -0.2) is 10.2 Å². The van der Waals surface area contributed by atoms with Gasteiger partial charge in [0.15, 0.2) is 0 Å². The summed E-state index contributed by atoms with van der Waals surface area (Å²) < 4.78 is 0. The molecule has 2 N–H and O–H groups in total. The third-order valence-corrected chi connectivity index (χ3v) is 4.36. The van der Waals surface area contributed by atoms with Crippen molar-refractivity contribution in [1.29, 1.82) is 0 Å². The summed E-state index contributed by atoms with van der Waals surface area (Å²) in [5.74, 6) is 0.611. The molecule has 0 bridgehead atoms. The van der Waals surface area contributed by atoms with Crippen LogP contribution in [0.3, 0.4) is 0 Å². The quantitative estimate of drug-likeness (QED) is 0.547. The van der Waals surface area contributed by atoms with Crippen molar-refractivity contribution < 1.29 is 10.2 Å². The first kappa shape index (κ1) is 13.6. The molecule has 0 aliphatic rings. The minimum Gasteiger partial charge on any atom is -0.507 e. The van der Waals surface area contributed by atoms with Crippen molar-refractivity contribution in [2.75, 3.05) is 0 Å². The molecule has 0 aliphatic heterocycles. The van der Waals surface area contributed by atoms with Gasteiger partial charge in [0, 0.05) is 10.8 Å². The zero-order valence-corrected chi connectivity index (χ0v) is 12.5. The Bertz CT molecular complexity index is 935. The van der Waals surface area contributed by atoms with Crippen molar-refractivity contribution in [3.05, 3.63) is 83.9 Å². The van der Waals surface area contributed by atoms with Gasteiger partial charge in [-0.15, -0.1) is 0 Å². The van der Waals surface area contributed by atoms with Crippen LogP contribution in [0.5, 0.6) is 11.5 Å². The Morgan fingerprint density at radius 1 is 0.478 bits per heavy atom. The van der Waals surface area contributed by atoms with E-state index in [1.54, 1.807) is 12.1 Å². The fourth-order valence-corrected chi connectivity index (χ4v) is 3.20. The highest BCUT2D eigenvalue weighted by atomic mass is 16.3. The number of benzene rings is 4. The summed E-state index contributed by atoms with van der Waals surface area (Å²) in [5, 5.41) is 23.9. The summed E-state index contributed by atoms with van der Waals surface area (Å²) in [7, 11) is 0. The van der Waals surface area contributed by atoms with E-state index in [1.165, 1.54) is 0 Å². The van der Waals surface area contributed by atoms with Crippen LogP contribution in [0.1, 0.15) is 11.1 Å². The predicted molar refractivity (Wildman–Crippen MR) is 94.0 cm³/mol. The molecule has 0 heterocycles. The number of rotatable bonds is 2. The second-order valence-electron chi connectivity index (χ2n) is 5.76. The van der Waals surface area contributed by atoms with Crippen LogP contribution >= 0.6 is 0 Å². The first-order valence-electron chi connectivity index (χ1n) is 7.63. The van der Waals surface area contributed by atoms with Gasteiger partial charge in [0.2, 0.25) is 0 Å². The monoisotopic (exact) mass is 300 g/mol. The number of phenols is 2. The number of phenolic OH excluding ortho intramolecular Hbond substituents is 2. The van der Waals surface area contributed by atoms with E-state index in [9.17, 15) is 10.2 Å². The molecule has 2 heteroatoms. The lowest BCUT2D eigenvalue weighted by Gasteiger charge is -2.11. The van der Waals surface area contributed by atoms with Crippen LogP contribution < -0.4 is 0 Å². The Kier molecular flexibility index (Phi) is 3.16. The Balaban J connectivity index is 1.89. The zero-order valence-electron chi connectivity index (χ0n) is 12.5. The number of hydrogen-bond donors (Lipinski definition) is 2. The van der Waals surface area contributed by atoms with Crippen molar-refractivity contribution in [2.24, 2.45) is 0 Å².